The van der Waals surface area contributed by atoms with Gasteiger partial charge in [0.25, 0.3) is 0 Å². The van der Waals surface area contributed by atoms with Crippen molar-refractivity contribution < 1.29 is 17.9 Å². The van der Waals surface area contributed by atoms with Crippen LogP contribution in [-0.4, -0.2) is 49.6 Å². The van der Waals surface area contributed by atoms with Crippen molar-refractivity contribution in [2.75, 3.05) is 27.3 Å². The lowest BCUT2D eigenvalue weighted by Crippen LogP contribution is -2.22. The first-order valence-electron chi connectivity index (χ1n) is 9.34. The Morgan fingerprint density at radius 2 is 1.86 bits per heavy atom. The maximum atomic E-state index is 12.4. The summed E-state index contributed by atoms with van der Waals surface area (Å²) in [5.74, 6) is 3.11. The highest BCUT2D eigenvalue weighted by Gasteiger charge is 2.20. The number of sulfonamides is 1. The maximum Gasteiger partial charge on any atom is 0.242 e. The van der Waals surface area contributed by atoms with Crippen molar-refractivity contribution >= 4 is 32.8 Å². The molecule has 0 atom stereocenters. The van der Waals surface area contributed by atoms with Crippen LogP contribution in [0.25, 0.3) is 11.0 Å². The molecule has 7 nitrogen and oxygen atoms in total. The molecule has 1 aromatic heterocycles. The average molecular weight is 434 g/mol. The average Bonchev–Trinajstić information content (AvgIpc) is 3.08. The molecule has 0 fully saturated rings. The summed E-state index contributed by atoms with van der Waals surface area (Å²) in [6, 6.07) is 11.1. The molecule has 0 unspecified atom stereocenters. The van der Waals surface area contributed by atoms with Crippen LogP contribution in [0.2, 0.25) is 0 Å². The second-order valence-corrected chi connectivity index (χ2v) is 10.0. The Kier molecular flexibility index (Phi) is 5.46. The third-order valence-electron chi connectivity index (χ3n) is 4.78. The summed E-state index contributed by atoms with van der Waals surface area (Å²) in [5, 5.41) is 0. The number of thioether (sulfide) groups is 1. The number of benzene rings is 2. The maximum absolute atomic E-state index is 12.4. The van der Waals surface area contributed by atoms with E-state index < -0.39 is 10.0 Å². The fourth-order valence-electron chi connectivity index (χ4n) is 3.26. The van der Waals surface area contributed by atoms with Crippen molar-refractivity contribution in [1.29, 1.82) is 0 Å². The predicted molar refractivity (Wildman–Crippen MR) is 113 cm³/mol. The van der Waals surface area contributed by atoms with E-state index in [1.165, 1.54) is 18.4 Å². The SMILES string of the molecule is CCn1c(CSc2ccc3c(c2)OCCO3)nc2cc(S(=O)(=O)N(C)C)ccc21. The smallest absolute Gasteiger partial charge is 0.242 e. The first kappa shape index (κ1) is 20.1. The quantitative estimate of drug-likeness (QED) is 0.555. The predicted octanol–water partition coefficient (Wildman–Crippen LogP) is 3.37. The highest BCUT2D eigenvalue weighted by molar-refractivity contribution is 7.98. The molecule has 29 heavy (non-hydrogen) atoms. The Morgan fingerprint density at radius 3 is 2.59 bits per heavy atom. The molecule has 154 valence electrons. The van der Waals surface area contributed by atoms with E-state index in [0.717, 1.165) is 34.3 Å². The number of fused-ring (bicyclic) bond motifs is 2. The molecule has 0 N–H and O–H groups in total. The largest absolute Gasteiger partial charge is 0.486 e. The van der Waals surface area contributed by atoms with Gasteiger partial charge >= 0.3 is 0 Å². The molecule has 1 aliphatic heterocycles. The molecule has 2 aromatic carbocycles. The van der Waals surface area contributed by atoms with Crippen LogP contribution in [0.3, 0.4) is 0 Å². The number of nitrogens with zero attached hydrogens (tertiary/aromatic N) is 3. The van der Waals surface area contributed by atoms with E-state index in [1.807, 2.05) is 24.3 Å². The van der Waals surface area contributed by atoms with E-state index in [4.69, 9.17) is 14.5 Å². The van der Waals surface area contributed by atoms with Crippen LogP contribution in [0.15, 0.2) is 46.2 Å². The zero-order valence-electron chi connectivity index (χ0n) is 16.6. The first-order valence-corrected chi connectivity index (χ1v) is 11.8. The summed E-state index contributed by atoms with van der Waals surface area (Å²) < 4.78 is 39.4. The van der Waals surface area contributed by atoms with Gasteiger partial charge in [-0.2, -0.15) is 0 Å². The first-order chi connectivity index (χ1) is 13.9. The fourth-order valence-corrected chi connectivity index (χ4v) is 5.05. The molecule has 0 saturated heterocycles. The fraction of sp³-hybridized carbons (Fsp3) is 0.350. The van der Waals surface area contributed by atoms with Crippen LogP contribution in [0.4, 0.5) is 0 Å². The minimum Gasteiger partial charge on any atom is -0.486 e. The zero-order valence-corrected chi connectivity index (χ0v) is 18.2. The van der Waals surface area contributed by atoms with Gasteiger partial charge in [-0.3, -0.25) is 0 Å². The van der Waals surface area contributed by atoms with Gasteiger partial charge in [-0.05, 0) is 43.3 Å². The summed E-state index contributed by atoms with van der Waals surface area (Å²) in [6.07, 6.45) is 0. The van der Waals surface area contributed by atoms with Gasteiger partial charge < -0.3 is 14.0 Å². The Bertz CT molecular complexity index is 1160. The van der Waals surface area contributed by atoms with Crippen LogP contribution in [0, 0.1) is 0 Å². The van der Waals surface area contributed by atoms with Gasteiger partial charge in [0.15, 0.2) is 11.5 Å². The standard InChI is InChI=1S/C20H23N3O4S2/c1-4-23-17-7-6-15(29(24,25)22(2)3)12-16(17)21-20(23)13-28-14-5-8-18-19(11-14)27-10-9-26-18/h5-8,11-12H,4,9-10,13H2,1-3H3. The summed E-state index contributed by atoms with van der Waals surface area (Å²) in [7, 11) is -0.435. The van der Waals surface area contributed by atoms with Crippen LogP contribution in [0.1, 0.15) is 12.7 Å². The van der Waals surface area contributed by atoms with E-state index in [-0.39, 0.29) is 4.90 Å². The van der Waals surface area contributed by atoms with Gasteiger partial charge in [0.2, 0.25) is 10.0 Å². The topological polar surface area (TPSA) is 73.7 Å². The number of aromatic nitrogens is 2. The minimum atomic E-state index is -3.49. The number of hydrogen-bond acceptors (Lipinski definition) is 6. The Morgan fingerprint density at radius 1 is 1.10 bits per heavy atom. The number of aryl methyl sites for hydroxylation is 1. The molecule has 2 heterocycles. The van der Waals surface area contributed by atoms with Gasteiger partial charge in [0.05, 0.1) is 21.7 Å². The monoisotopic (exact) mass is 433 g/mol. The number of imidazole rings is 1. The highest BCUT2D eigenvalue weighted by Crippen LogP contribution is 2.35. The van der Waals surface area contributed by atoms with Crippen molar-refractivity contribution in [3.05, 3.63) is 42.2 Å². The van der Waals surface area contributed by atoms with Gasteiger partial charge in [0.1, 0.15) is 19.0 Å². The molecule has 0 amide bonds. The summed E-state index contributed by atoms with van der Waals surface area (Å²) in [6.45, 7) is 3.95. The third kappa shape index (κ3) is 3.82. The summed E-state index contributed by atoms with van der Waals surface area (Å²) in [5.41, 5.74) is 1.62. The van der Waals surface area contributed by atoms with Gasteiger partial charge in [-0.15, -0.1) is 11.8 Å². The Labute approximate surface area is 174 Å². The highest BCUT2D eigenvalue weighted by atomic mass is 32.2. The Hall–Kier alpha value is -2.23. The van der Waals surface area contributed by atoms with Crippen molar-refractivity contribution in [3.8, 4) is 11.5 Å². The van der Waals surface area contributed by atoms with E-state index in [2.05, 4.69) is 11.5 Å². The number of ether oxygens (including phenoxy) is 2. The van der Waals surface area contributed by atoms with Crippen molar-refractivity contribution in [1.82, 2.24) is 13.9 Å². The second-order valence-electron chi connectivity index (χ2n) is 6.80. The number of hydrogen-bond donors (Lipinski definition) is 0. The molecule has 0 spiro atoms. The van der Waals surface area contributed by atoms with Gasteiger partial charge in [-0.25, -0.2) is 17.7 Å². The van der Waals surface area contributed by atoms with Crippen molar-refractivity contribution in [2.24, 2.45) is 0 Å². The molecule has 0 radical (unpaired) electrons. The van der Waals surface area contributed by atoms with Crippen LogP contribution in [0.5, 0.6) is 11.5 Å². The van der Waals surface area contributed by atoms with Crippen LogP contribution in [-0.2, 0) is 22.3 Å². The van der Waals surface area contributed by atoms with Crippen LogP contribution >= 0.6 is 11.8 Å². The normalized spacial score (nSPS) is 13.9. The van der Waals surface area contributed by atoms with Crippen molar-refractivity contribution in [2.45, 2.75) is 29.0 Å². The molecular formula is C20H23N3O4S2. The Balaban J connectivity index is 1.62. The summed E-state index contributed by atoms with van der Waals surface area (Å²) in [4.78, 5) is 6.04. The lowest BCUT2D eigenvalue weighted by molar-refractivity contribution is 0.171. The zero-order chi connectivity index (χ0) is 20.6. The van der Waals surface area contributed by atoms with Gasteiger partial charge in [0, 0.05) is 25.5 Å². The lowest BCUT2D eigenvalue weighted by atomic mass is 10.3. The second kappa shape index (κ2) is 7.89. The third-order valence-corrected chi connectivity index (χ3v) is 7.58. The number of rotatable bonds is 6. The van der Waals surface area contributed by atoms with E-state index in [1.54, 1.807) is 23.9 Å². The molecule has 9 heteroatoms. The molecule has 3 aromatic rings. The summed E-state index contributed by atoms with van der Waals surface area (Å²) >= 11 is 1.66. The molecule has 0 saturated carbocycles. The molecule has 4 rings (SSSR count). The molecule has 1 aliphatic rings. The van der Waals surface area contributed by atoms with E-state index in [9.17, 15) is 8.42 Å². The molecular weight excluding hydrogens is 410 g/mol. The van der Waals surface area contributed by atoms with E-state index >= 15 is 0 Å². The lowest BCUT2D eigenvalue weighted by Gasteiger charge is -2.18. The van der Waals surface area contributed by atoms with Crippen molar-refractivity contribution in [3.63, 3.8) is 0 Å². The minimum absolute atomic E-state index is 0.252. The van der Waals surface area contributed by atoms with Crippen LogP contribution < -0.4 is 9.47 Å². The molecule has 0 bridgehead atoms. The van der Waals surface area contributed by atoms with Gasteiger partial charge in [-0.1, -0.05) is 0 Å². The molecule has 0 aliphatic carbocycles. The van der Waals surface area contributed by atoms with E-state index in [0.29, 0.717) is 24.5 Å².